The van der Waals surface area contributed by atoms with Gasteiger partial charge in [-0.1, -0.05) is 0 Å². The number of carbonyl (C=O) groups is 1. The van der Waals surface area contributed by atoms with Crippen LogP contribution in [0.15, 0.2) is 4.79 Å². The summed E-state index contributed by atoms with van der Waals surface area (Å²) in [5.74, 6) is -0.0563. The number of amides is 1. The number of nitrogens with two attached hydrogens (primary N) is 1. The molecule has 8 heteroatoms. The zero-order valence-corrected chi connectivity index (χ0v) is 14.9. The van der Waals surface area contributed by atoms with Crippen LogP contribution in [0.2, 0.25) is 0 Å². The Kier molecular flexibility index (Phi) is 4.66. The summed E-state index contributed by atoms with van der Waals surface area (Å²) in [7, 11) is 1.76. The SMILES string of the molecule is Cc1nc2c(c(C)c1CNC(=O)C1(CN)CCOCC1)c(=O)[nH]n2C. The zero-order valence-electron chi connectivity index (χ0n) is 14.9. The molecule has 8 nitrogen and oxygen atoms in total. The maximum atomic E-state index is 12.7. The molecule has 0 bridgehead atoms. The first-order valence-corrected chi connectivity index (χ1v) is 8.50. The molecule has 0 radical (unpaired) electrons. The Balaban J connectivity index is 1.87. The second kappa shape index (κ2) is 6.61. The Morgan fingerprint density at radius 1 is 1.40 bits per heavy atom. The van der Waals surface area contributed by atoms with Crippen molar-refractivity contribution in [2.75, 3.05) is 19.8 Å². The molecule has 1 fully saturated rings. The topological polar surface area (TPSA) is 115 Å². The first-order chi connectivity index (χ1) is 11.9. The van der Waals surface area contributed by atoms with Gasteiger partial charge in [-0.05, 0) is 37.8 Å². The van der Waals surface area contributed by atoms with Crippen LogP contribution in [0, 0.1) is 19.3 Å². The van der Waals surface area contributed by atoms with Gasteiger partial charge in [0.25, 0.3) is 5.56 Å². The number of nitrogens with zero attached hydrogens (tertiary/aromatic N) is 2. The largest absolute Gasteiger partial charge is 0.381 e. The van der Waals surface area contributed by atoms with Gasteiger partial charge in [-0.3, -0.25) is 19.4 Å². The summed E-state index contributed by atoms with van der Waals surface area (Å²) in [6.45, 7) is 5.51. The highest BCUT2D eigenvalue weighted by atomic mass is 16.5. The number of aromatic nitrogens is 3. The smallest absolute Gasteiger partial charge is 0.273 e. The summed E-state index contributed by atoms with van der Waals surface area (Å²) in [5.41, 5.74) is 8.29. The number of pyridine rings is 1. The lowest BCUT2D eigenvalue weighted by molar-refractivity contribution is -0.136. The number of H-pyrrole nitrogens is 1. The molecule has 0 saturated carbocycles. The van der Waals surface area contributed by atoms with Crippen molar-refractivity contribution in [3.8, 4) is 0 Å². The number of nitrogens with one attached hydrogen (secondary N) is 2. The van der Waals surface area contributed by atoms with Crippen LogP contribution in [-0.4, -0.2) is 40.4 Å². The van der Waals surface area contributed by atoms with Gasteiger partial charge in [0.05, 0.1) is 10.8 Å². The third-order valence-electron chi connectivity index (χ3n) is 5.32. The highest BCUT2D eigenvalue weighted by Crippen LogP contribution is 2.30. The summed E-state index contributed by atoms with van der Waals surface area (Å²) < 4.78 is 6.97. The van der Waals surface area contributed by atoms with Crippen LogP contribution in [0.1, 0.15) is 29.7 Å². The molecule has 1 amide bonds. The quantitative estimate of drug-likeness (QED) is 0.733. The number of carbonyl (C=O) groups excluding carboxylic acids is 1. The predicted molar refractivity (Wildman–Crippen MR) is 94.2 cm³/mol. The Hall–Kier alpha value is -2.19. The van der Waals surface area contributed by atoms with E-state index >= 15 is 0 Å². The Morgan fingerprint density at radius 2 is 2.08 bits per heavy atom. The van der Waals surface area contributed by atoms with E-state index in [4.69, 9.17) is 10.5 Å². The van der Waals surface area contributed by atoms with Crippen LogP contribution in [0.4, 0.5) is 0 Å². The molecular formula is C17H25N5O3. The molecule has 1 saturated heterocycles. The van der Waals surface area contributed by atoms with E-state index in [2.05, 4.69) is 15.4 Å². The molecule has 4 N–H and O–H groups in total. The van der Waals surface area contributed by atoms with Crippen molar-refractivity contribution in [1.29, 1.82) is 0 Å². The fourth-order valence-corrected chi connectivity index (χ4v) is 3.55. The second-order valence-electron chi connectivity index (χ2n) is 6.78. The van der Waals surface area contributed by atoms with E-state index in [0.717, 1.165) is 16.8 Å². The van der Waals surface area contributed by atoms with Gasteiger partial charge < -0.3 is 15.8 Å². The number of rotatable bonds is 4. The van der Waals surface area contributed by atoms with Crippen LogP contribution >= 0.6 is 0 Å². The minimum atomic E-state index is -0.568. The molecule has 3 heterocycles. The molecule has 0 aromatic carbocycles. The molecule has 0 atom stereocenters. The van der Waals surface area contributed by atoms with Gasteiger partial charge in [-0.2, -0.15) is 0 Å². The zero-order chi connectivity index (χ0) is 18.2. The van der Waals surface area contributed by atoms with Crippen molar-refractivity contribution in [3.05, 3.63) is 27.2 Å². The first kappa shape index (κ1) is 17.6. The van der Waals surface area contributed by atoms with Crippen molar-refractivity contribution in [2.24, 2.45) is 18.2 Å². The molecule has 136 valence electrons. The molecule has 2 aromatic heterocycles. The molecular weight excluding hydrogens is 322 g/mol. The number of hydrogen-bond acceptors (Lipinski definition) is 5. The maximum Gasteiger partial charge on any atom is 0.273 e. The van der Waals surface area contributed by atoms with Crippen LogP contribution in [0.5, 0.6) is 0 Å². The van der Waals surface area contributed by atoms with Crippen molar-refractivity contribution >= 4 is 16.9 Å². The number of hydrogen-bond donors (Lipinski definition) is 3. The monoisotopic (exact) mass is 347 g/mol. The van der Waals surface area contributed by atoms with E-state index in [-0.39, 0.29) is 11.5 Å². The van der Waals surface area contributed by atoms with Crippen molar-refractivity contribution in [3.63, 3.8) is 0 Å². The fraction of sp³-hybridized carbons (Fsp3) is 0.588. The minimum absolute atomic E-state index is 0.0563. The summed E-state index contributed by atoms with van der Waals surface area (Å²) in [6, 6.07) is 0. The lowest BCUT2D eigenvalue weighted by atomic mass is 9.79. The van der Waals surface area contributed by atoms with Gasteiger partial charge in [-0.15, -0.1) is 0 Å². The third kappa shape index (κ3) is 2.96. The van der Waals surface area contributed by atoms with Gasteiger partial charge in [0.2, 0.25) is 5.91 Å². The van der Waals surface area contributed by atoms with Gasteiger partial charge in [-0.25, -0.2) is 4.98 Å². The Bertz CT molecular complexity index is 861. The van der Waals surface area contributed by atoms with Crippen LogP contribution < -0.4 is 16.6 Å². The van der Waals surface area contributed by atoms with E-state index in [1.807, 2.05) is 13.8 Å². The Morgan fingerprint density at radius 3 is 2.72 bits per heavy atom. The summed E-state index contributed by atoms with van der Waals surface area (Å²) in [4.78, 5) is 29.4. The lowest BCUT2D eigenvalue weighted by Crippen LogP contribution is -2.49. The van der Waals surface area contributed by atoms with Gasteiger partial charge in [0.1, 0.15) is 0 Å². The first-order valence-electron chi connectivity index (χ1n) is 8.50. The van der Waals surface area contributed by atoms with E-state index in [1.165, 1.54) is 0 Å². The van der Waals surface area contributed by atoms with Gasteiger partial charge in [0.15, 0.2) is 5.65 Å². The molecule has 1 aliphatic rings. The number of aryl methyl sites for hydroxylation is 3. The van der Waals surface area contributed by atoms with E-state index < -0.39 is 5.41 Å². The third-order valence-corrected chi connectivity index (χ3v) is 5.32. The highest BCUT2D eigenvalue weighted by Gasteiger charge is 2.38. The van der Waals surface area contributed by atoms with E-state index in [9.17, 15) is 9.59 Å². The summed E-state index contributed by atoms with van der Waals surface area (Å²) in [5, 5.41) is 6.29. The van der Waals surface area contributed by atoms with E-state index in [1.54, 1.807) is 11.7 Å². The molecule has 25 heavy (non-hydrogen) atoms. The molecule has 1 aliphatic heterocycles. The highest BCUT2D eigenvalue weighted by molar-refractivity contribution is 5.84. The molecule has 0 spiro atoms. The number of fused-ring (bicyclic) bond motifs is 1. The molecule has 0 aliphatic carbocycles. The van der Waals surface area contributed by atoms with Crippen LogP contribution in [0.25, 0.3) is 11.0 Å². The van der Waals surface area contributed by atoms with Crippen LogP contribution in [0.3, 0.4) is 0 Å². The lowest BCUT2D eigenvalue weighted by Gasteiger charge is -2.34. The normalized spacial score (nSPS) is 17.0. The van der Waals surface area contributed by atoms with E-state index in [0.29, 0.717) is 50.2 Å². The standard InChI is InChI=1S/C17H25N5O3/c1-10-12(11(2)20-14-13(10)15(23)21-22(14)3)8-19-16(24)17(9-18)4-6-25-7-5-17/h4-9,18H2,1-3H3,(H,19,24)(H,21,23). The Labute approximate surface area is 145 Å². The number of aromatic amines is 1. The van der Waals surface area contributed by atoms with Crippen molar-refractivity contribution in [1.82, 2.24) is 20.1 Å². The fourth-order valence-electron chi connectivity index (χ4n) is 3.55. The molecule has 3 rings (SSSR count). The average molecular weight is 347 g/mol. The molecule has 2 aromatic rings. The average Bonchev–Trinajstić information content (AvgIpc) is 2.88. The second-order valence-corrected chi connectivity index (χ2v) is 6.78. The van der Waals surface area contributed by atoms with Crippen LogP contribution in [-0.2, 0) is 23.1 Å². The van der Waals surface area contributed by atoms with Crippen molar-refractivity contribution < 1.29 is 9.53 Å². The van der Waals surface area contributed by atoms with Gasteiger partial charge >= 0.3 is 0 Å². The van der Waals surface area contributed by atoms with Gasteiger partial charge in [0, 0.05) is 39.0 Å². The maximum absolute atomic E-state index is 12.7. The number of ether oxygens (including phenoxy) is 1. The predicted octanol–water partition coefficient (Wildman–Crippen LogP) is 0.250. The minimum Gasteiger partial charge on any atom is -0.381 e. The van der Waals surface area contributed by atoms with Crippen molar-refractivity contribution in [2.45, 2.75) is 33.2 Å². The summed E-state index contributed by atoms with van der Waals surface area (Å²) >= 11 is 0. The summed E-state index contributed by atoms with van der Waals surface area (Å²) in [6.07, 6.45) is 1.26. The molecule has 0 unspecified atom stereocenters.